The van der Waals surface area contributed by atoms with E-state index < -0.39 is 13.9 Å². The summed E-state index contributed by atoms with van der Waals surface area (Å²) in [7, 11) is -4.27. The first-order valence-electron chi connectivity index (χ1n) is 18.6. The number of unbranched alkanes of at least 4 members (excludes halogenated alkanes) is 14. The van der Waals surface area contributed by atoms with E-state index in [1.165, 1.54) is 57.8 Å². The van der Waals surface area contributed by atoms with Crippen LogP contribution in [0.4, 0.5) is 0 Å². The molecule has 0 saturated carbocycles. The normalized spacial score (nSPS) is 14.2. The Labute approximate surface area is 288 Å². The Morgan fingerprint density at radius 3 is 1.79 bits per heavy atom. The maximum Gasteiger partial charge on any atom is 0.472 e. The molecule has 0 aromatic rings. The first-order valence-corrected chi connectivity index (χ1v) is 20.1. The van der Waals surface area contributed by atoms with E-state index in [2.05, 4.69) is 62.5 Å². The molecule has 0 aliphatic heterocycles. The number of carbonyl (C=O) groups is 1. The summed E-state index contributed by atoms with van der Waals surface area (Å²) >= 11 is 0. The molecule has 0 spiro atoms. The Hall–Kier alpha value is -1.54. The summed E-state index contributed by atoms with van der Waals surface area (Å²) in [5.74, 6) is -0.355. The van der Waals surface area contributed by atoms with E-state index in [-0.39, 0.29) is 32.3 Å². The predicted octanol–water partition coefficient (Wildman–Crippen LogP) is 10.5. The topological polar surface area (TPSA) is 117 Å². The quantitative estimate of drug-likeness (QED) is 0.0293. The van der Waals surface area contributed by atoms with Gasteiger partial charge in [0.2, 0.25) is 0 Å². The van der Waals surface area contributed by atoms with E-state index in [4.69, 9.17) is 24.3 Å². The second-order valence-corrected chi connectivity index (χ2v) is 13.5. The summed E-state index contributed by atoms with van der Waals surface area (Å²) < 4.78 is 33.2. The molecule has 9 heteroatoms. The fourth-order valence-corrected chi connectivity index (χ4v) is 5.57. The van der Waals surface area contributed by atoms with Gasteiger partial charge in [-0.25, -0.2) is 4.57 Å². The van der Waals surface area contributed by atoms with Crippen molar-refractivity contribution < 1.29 is 32.8 Å². The van der Waals surface area contributed by atoms with Gasteiger partial charge in [0, 0.05) is 19.6 Å². The zero-order valence-electron chi connectivity index (χ0n) is 30.0. The van der Waals surface area contributed by atoms with Crippen molar-refractivity contribution in [1.29, 1.82) is 0 Å². The Balaban J connectivity index is 4.15. The molecule has 0 saturated heterocycles. The van der Waals surface area contributed by atoms with Crippen molar-refractivity contribution >= 4 is 13.8 Å². The minimum atomic E-state index is -4.27. The second kappa shape index (κ2) is 35.8. The molecule has 2 atom stereocenters. The van der Waals surface area contributed by atoms with E-state index in [9.17, 15) is 14.3 Å². The van der Waals surface area contributed by atoms with Crippen LogP contribution in [0.3, 0.4) is 0 Å². The molecular weight excluding hydrogens is 613 g/mol. The summed E-state index contributed by atoms with van der Waals surface area (Å²) in [6.07, 6.45) is 39.8. The molecule has 0 aliphatic rings. The maximum absolute atomic E-state index is 12.5. The molecule has 0 radical (unpaired) electrons. The predicted molar refractivity (Wildman–Crippen MR) is 196 cm³/mol. The molecule has 8 nitrogen and oxygen atoms in total. The number of hydrogen-bond donors (Lipinski definition) is 2. The lowest BCUT2D eigenvalue weighted by molar-refractivity contribution is -0.154. The number of allylic oxidation sites excluding steroid dienone is 8. The van der Waals surface area contributed by atoms with Gasteiger partial charge in [-0.2, -0.15) is 0 Å². The molecule has 2 unspecified atom stereocenters. The maximum atomic E-state index is 12.5. The van der Waals surface area contributed by atoms with Crippen molar-refractivity contribution in [3.8, 4) is 0 Å². The van der Waals surface area contributed by atoms with Gasteiger partial charge >= 0.3 is 13.8 Å². The highest BCUT2D eigenvalue weighted by Gasteiger charge is 2.25. The summed E-state index contributed by atoms with van der Waals surface area (Å²) in [6, 6.07) is 0. The molecule has 0 heterocycles. The van der Waals surface area contributed by atoms with Crippen LogP contribution in [-0.2, 0) is 27.9 Å². The minimum Gasteiger partial charge on any atom is -0.457 e. The van der Waals surface area contributed by atoms with Crippen LogP contribution >= 0.6 is 7.82 Å². The van der Waals surface area contributed by atoms with Crippen LogP contribution in [0, 0.1) is 0 Å². The number of esters is 1. The van der Waals surface area contributed by atoms with Crippen LogP contribution in [-0.4, -0.2) is 49.9 Å². The summed E-state index contributed by atoms with van der Waals surface area (Å²) in [6.45, 7) is 4.76. The Morgan fingerprint density at radius 1 is 0.660 bits per heavy atom. The fraction of sp³-hybridized carbons (Fsp3) is 0.763. The zero-order valence-corrected chi connectivity index (χ0v) is 30.9. The highest BCUT2D eigenvalue weighted by molar-refractivity contribution is 7.47. The highest BCUT2D eigenvalue weighted by Crippen LogP contribution is 2.43. The van der Waals surface area contributed by atoms with E-state index in [0.29, 0.717) is 13.0 Å². The van der Waals surface area contributed by atoms with Crippen LogP contribution in [0.1, 0.15) is 149 Å². The van der Waals surface area contributed by atoms with Gasteiger partial charge in [-0.15, -0.1) is 0 Å². The fourth-order valence-electron chi connectivity index (χ4n) is 4.81. The lowest BCUT2D eigenvalue weighted by Crippen LogP contribution is -2.28. The third-order valence-corrected chi connectivity index (χ3v) is 8.49. The standard InChI is InChI=1S/C38H70NO7P/c1-3-5-7-9-11-13-15-16-17-18-19-20-21-23-25-27-29-31-38(40)46-37(36-45-47(41,42)44-34-32-39)35-43-33-30-28-26-24-22-14-12-10-8-6-4-2/h5,7,11,13,16-17,19-20,37H,3-4,6,8-10,12,14-15,18,21-36,39H2,1-2H3,(H,41,42)/b7-5-,13-11-,17-16-,20-19-. The molecule has 0 bridgehead atoms. The largest absolute Gasteiger partial charge is 0.472 e. The van der Waals surface area contributed by atoms with Gasteiger partial charge in [0.05, 0.1) is 19.8 Å². The second-order valence-electron chi connectivity index (χ2n) is 12.1. The van der Waals surface area contributed by atoms with Crippen LogP contribution < -0.4 is 5.73 Å². The molecule has 0 aromatic carbocycles. The molecule has 3 N–H and O–H groups in total. The summed E-state index contributed by atoms with van der Waals surface area (Å²) in [5, 5.41) is 0. The molecule has 0 fully saturated rings. The SMILES string of the molecule is CC/C=C\C/C=C\C/C=C\C/C=C\CCCCCCC(=O)OC(COCCCCCCCCCCCCC)COP(=O)(O)OCCN. The van der Waals surface area contributed by atoms with Crippen molar-refractivity contribution in [1.82, 2.24) is 0 Å². The van der Waals surface area contributed by atoms with Crippen LogP contribution in [0.25, 0.3) is 0 Å². The van der Waals surface area contributed by atoms with Crippen molar-refractivity contribution in [3.05, 3.63) is 48.6 Å². The van der Waals surface area contributed by atoms with Crippen molar-refractivity contribution in [2.24, 2.45) is 5.73 Å². The van der Waals surface area contributed by atoms with Crippen LogP contribution in [0.2, 0.25) is 0 Å². The van der Waals surface area contributed by atoms with Crippen molar-refractivity contribution in [3.63, 3.8) is 0 Å². The Bertz CT molecular complexity index is 859. The average molecular weight is 684 g/mol. The van der Waals surface area contributed by atoms with Gasteiger partial charge in [0.25, 0.3) is 0 Å². The molecule has 0 aromatic heterocycles. The molecule has 0 amide bonds. The number of nitrogens with two attached hydrogens (primary N) is 1. The minimum absolute atomic E-state index is 0.0951. The lowest BCUT2D eigenvalue weighted by Gasteiger charge is -2.20. The van der Waals surface area contributed by atoms with E-state index in [1.807, 2.05) is 0 Å². The first kappa shape index (κ1) is 45.5. The average Bonchev–Trinajstić information content (AvgIpc) is 3.06. The summed E-state index contributed by atoms with van der Waals surface area (Å²) in [5.41, 5.74) is 5.34. The third kappa shape index (κ3) is 35.6. The highest BCUT2D eigenvalue weighted by atomic mass is 31.2. The number of phosphoric ester groups is 1. The number of rotatable bonds is 35. The third-order valence-electron chi connectivity index (χ3n) is 7.51. The molecule has 0 rings (SSSR count). The monoisotopic (exact) mass is 683 g/mol. The first-order chi connectivity index (χ1) is 22.9. The molecular formula is C38H70NO7P. The van der Waals surface area contributed by atoms with Crippen LogP contribution in [0.15, 0.2) is 48.6 Å². The number of carbonyl (C=O) groups excluding carboxylic acids is 1. The van der Waals surface area contributed by atoms with E-state index >= 15 is 0 Å². The number of ether oxygens (including phenoxy) is 2. The van der Waals surface area contributed by atoms with Gasteiger partial charge in [0.15, 0.2) is 0 Å². The number of phosphoric acid groups is 1. The van der Waals surface area contributed by atoms with Gasteiger partial charge < -0.3 is 20.1 Å². The van der Waals surface area contributed by atoms with E-state index in [1.54, 1.807) is 0 Å². The lowest BCUT2D eigenvalue weighted by atomic mass is 10.1. The zero-order chi connectivity index (χ0) is 34.5. The van der Waals surface area contributed by atoms with Crippen molar-refractivity contribution in [2.45, 2.75) is 155 Å². The van der Waals surface area contributed by atoms with Gasteiger partial charge in [-0.3, -0.25) is 13.8 Å². The van der Waals surface area contributed by atoms with E-state index in [0.717, 1.165) is 70.6 Å². The Morgan fingerprint density at radius 2 is 1.19 bits per heavy atom. The van der Waals surface area contributed by atoms with Crippen molar-refractivity contribution in [2.75, 3.05) is 33.0 Å². The smallest absolute Gasteiger partial charge is 0.457 e. The number of hydrogen-bond acceptors (Lipinski definition) is 7. The molecule has 47 heavy (non-hydrogen) atoms. The van der Waals surface area contributed by atoms with Gasteiger partial charge in [0.1, 0.15) is 6.10 Å². The van der Waals surface area contributed by atoms with Gasteiger partial charge in [-0.05, 0) is 51.4 Å². The molecule has 0 aliphatic carbocycles. The summed E-state index contributed by atoms with van der Waals surface area (Å²) in [4.78, 5) is 22.3. The molecule has 274 valence electrons. The Kier molecular flexibility index (Phi) is 34.6. The van der Waals surface area contributed by atoms with Gasteiger partial charge in [-0.1, -0.05) is 140 Å². The van der Waals surface area contributed by atoms with Crippen LogP contribution in [0.5, 0.6) is 0 Å².